The Morgan fingerprint density at radius 3 is 2.74 bits per heavy atom. The van der Waals surface area contributed by atoms with Crippen molar-refractivity contribution >= 4 is 22.9 Å². The number of hydrogen-bond donors (Lipinski definition) is 1. The first-order valence-electron chi connectivity index (χ1n) is 6.34. The molecule has 0 aliphatic rings. The van der Waals surface area contributed by atoms with E-state index in [9.17, 15) is 0 Å². The smallest absolute Gasteiger partial charge is 0.0947 e. The van der Waals surface area contributed by atoms with E-state index in [1.165, 1.54) is 0 Å². The number of nitrogens with one attached hydrogen (secondary N) is 1. The lowest BCUT2D eigenvalue weighted by molar-refractivity contribution is 0.459. The molecule has 0 saturated heterocycles. The number of hydrogen-bond acceptors (Lipinski definition) is 4. The second-order valence-corrected chi connectivity index (χ2v) is 6.19. The first-order chi connectivity index (χ1) is 9.02. The van der Waals surface area contributed by atoms with Crippen LogP contribution in [0, 0.1) is 6.92 Å². The van der Waals surface area contributed by atoms with Crippen LogP contribution in [0.15, 0.2) is 11.6 Å². The van der Waals surface area contributed by atoms with E-state index in [0.29, 0.717) is 5.02 Å². The maximum absolute atomic E-state index is 6.29. The zero-order valence-electron chi connectivity index (χ0n) is 11.6. The summed E-state index contributed by atoms with van der Waals surface area (Å²) >= 11 is 7.98. The molecule has 0 bridgehead atoms. The van der Waals surface area contributed by atoms with Crippen molar-refractivity contribution in [3.05, 3.63) is 33.0 Å². The van der Waals surface area contributed by atoms with Crippen LogP contribution in [0.2, 0.25) is 5.02 Å². The SMILES string of the molecule is CNC(Cc1nc(C)cs1)c1c(Cl)cnn1C(C)C. The van der Waals surface area contributed by atoms with Gasteiger partial charge in [-0.25, -0.2) is 4.98 Å². The third-order valence-electron chi connectivity index (χ3n) is 3.00. The minimum atomic E-state index is 0.128. The summed E-state index contributed by atoms with van der Waals surface area (Å²) in [6, 6.07) is 0.416. The molecule has 0 aromatic carbocycles. The summed E-state index contributed by atoms with van der Waals surface area (Å²) in [5, 5.41) is 11.6. The maximum atomic E-state index is 6.29. The number of nitrogens with zero attached hydrogens (tertiary/aromatic N) is 3. The maximum Gasteiger partial charge on any atom is 0.0947 e. The molecule has 4 nitrogen and oxygen atoms in total. The number of likely N-dealkylation sites (N-methyl/N-ethyl adjacent to an activating group) is 1. The number of thiazole rings is 1. The molecule has 0 spiro atoms. The van der Waals surface area contributed by atoms with Gasteiger partial charge in [-0.2, -0.15) is 5.10 Å². The van der Waals surface area contributed by atoms with Gasteiger partial charge < -0.3 is 5.32 Å². The molecular weight excluding hydrogens is 280 g/mol. The largest absolute Gasteiger partial charge is 0.311 e. The second-order valence-electron chi connectivity index (χ2n) is 4.84. The van der Waals surface area contributed by atoms with Crippen LogP contribution < -0.4 is 5.32 Å². The molecule has 6 heteroatoms. The Morgan fingerprint density at radius 1 is 1.47 bits per heavy atom. The van der Waals surface area contributed by atoms with Crippen LogP contribution in [0.4, 0.5) is 0 Å². The van der Waals surface area contributed by atoms with E-state index >= 15 is 0 Å². The van der Waals surface area contributed by atoms with Gasteiger partial charge >= 0.3 is 0 Å². The number of aromatic nitrogens is 3. The van der Waals surface area contributed by atoms with E-state index < -0.39 is 0 Å². The molecule has 1 atom stereocenters. The van der Waals surface area contributed by atoms with Crippen molar-refractivity contribution in [3.63, 3.8) is 0 Å². The van der Waals surface area contributed by atoms with E-state index in [4.69, 9.17) is 11.6 Å². The standard InChI is InChI=1S/C13H19ClN4S/c1-8(2)18-13(10(14)6-16-18)11(15-4)5-12-17-9(3)7-19-12/h6-8,11,15H,5H2,1-4H3. The van der Waals surface area contributed by atoms with Crippen molar-refractivity contribution in [2.24, 2.45) is 0 Å². The number of aryl methyl sites for hydroxylation is 1. The van der Waals surface area contributed by atoms with E-state index in [0.717, 1.165) is 22.8 Å². The lowest BCUT2D eigenvalue weighted by Crippen LogP contribution is -2.23. The first kappa shape index (κ1) is 14.5. The molecule has 2 aromatic rings. The molecular formula is C13H19ClN4S. The van der Waals surface area contributed by atoms with Gasteiger partial charge in [0.05, 0.1) is 28.0 Å². The first-order valence-corrected chi connectivity index (χ1v) is 7.59. The zero-order valence-corrected chi connectivity index (χ0v) is 13.2. The zero-order chi connectivity index (χ0) is 14.0. The molecule has 2 aromatic heterocycles. The third-order valence-corrected chi connectivity index (χ3v) is 4.28. The van der Waals surface area contributed by atoms with Crippen LogP contribution in [0.5, 0.6) is 0 Å². The fourth-order valence-electron chi connectivity index (χ4n) is 2.09. The number of rotatable bonds is 5. The lowest BCUT2D eigenvalue weighted by atomic mass is 10.1. The minimum absolute atomic E-state index is 0.128. The van der Waals surface area contributed by atoms with Gasteiger partial charge in [-0.1, -0.05) is 11.6 Å². The van der Waals surface area contributed by atoms with Crippen molar-refractivity contribution in [1.82, 2.24) is 20.1 Å². The Hall–Kier alpha value is -0.910. The second kappa shape index (κ2) is 6.03. The van der Waals surface area contributed by atoms with Crippen LogP contribution in [-0.4, -0.2) is 21.8 Å². The van der Waals surface area contributed by atoms with Crippen molar-refractivity contribution in [3.8, 4) is 0 Å². The van der Waals surface area contributed by atoms with E-state index in [1.807, 2.05) is 18.7 Å². The van der Waals surface area contributed by atoms with Crippen LogP contribution >= 0.6 is 22.9 Å². The molecule has 19 heavy (non-hydrogen) atoms. The highest BCUT2D eigenvalue weighted by Crippen LogP contribution is 2.28. The molecule has 0 fully saturated rings. The molecule has 0 aliphatic carbocycles. The molecule has 0 aliphatic heterocycles. The number of halogens is 1. The van der Waals surface area contributed by atoms with Gasteiger partial charge in [-0.05, 0) is 27.8 Å². The Balaban J connectivity index is 2.29. The minimum Gasteiger partial charge on any atom is -0.311 e. The fourth-order valence-corrected chi connectivity index (χ4v) is 3.18. The predicted octanol–water partition coefficient (Wildman–Crippen LogP) is 3.39. The summed E-state index contributed by atoms with van der Waals surface area (Å²) < 4.78 is 1.98. The van der Waals surface area contributed by atoms with Crippen LogP contribution in [0.25, 0.3) is 0 Å². The van der Waals surface area contributed by atoms with Gasteiger partial charge in [-0.3, -0.25) is 4.68 Å². The summed E-state index contributed by atoms with van der Waals surface area (Å²) in [5.41, 5.74) is 2.10. The highest BCUT2D eigenvalue weighted by Gasteiger charge is 2.21. The Kier molecular flexibility index (Phi) is 4.60. The molecule has 104 valence electrons. The van der Waals surface area contributed by atoms with Gasteiger partial charge in [0, 0.05) is 23.5 Å². The van der Waals surface area contributed by atoms with Gasteiger partial charge in [-0.15, -0.1) is 11.3 Å². The Bertz CT molecular complexity index is 547. The summed E-state index contributed by atoms with van der Waals surface area (Å²) in [4.78, 5) is 4.52. The molecule has 0 amide bonds. The quantitative estimate of drug-likeness (QED) is 0.920. The highest BCUT2D eigenvalue weighted by atomic mass is 35.5. The van der Waals surface area contributed by atoms with Crippen LogP contribution in [0.3, 0.4) is 0 Å². The lowest BCUT2D eigenvalue weighted by Gasteiger charge is -2.19. The Morgan fingerprint density at radius 2 is 2.21 bits per heavy atom. The van der Waals surface area contributed by atoms with Gasteiger partial charge in [0.2, 0.25) is 0 Å². The van der Waals surface area contributed by atoms with E-state index in [1.54, 1.807) is 17.5 Å². The summed E-state index contributed by atoms with van der Waals surface area (Å²) in [6.07, 6.45) is 2.54. The van der Waals surface area contributed by atoms with E-state index in [2.05, 4.69) is 34.6 Å². The summed E-state index contributed by atoms with van der Waals surface area (Å²) in [7, 11) is 1.94. The molecule has 1 N–H and O–H groups in total. The molecule has 0 saturated carbocycles. The van der Waals surface area contributed by atoms with Crippen LogP contribution in [0.1, 0.15) is 42.3 Å². The van der Waals surface area contributed by atoms with Crippen molar-refractivity contribution < 1.29 is 0 Å². The van der Waals surface area contributed by atoms with Gasteiger partial charge in [0.15, 0.2) is 0 Å². The van der Waals surface area contributed by atoms with Crippen molar-refractivity contribution in [2.45, 2.75) is 39.3 Å². The third kappa shape index (κ3) is 3.16. The Labute approximate surface area is 122 Å². The molecule has 0 radical (unpaired) electrons. The highest BCUT2D eigenvalue weighted by molar-refractivity contribution is 7.09. The average Bonchev–Trinajstić information content (AvgIpc) is 2.93. The topological polar surface area (TPSA) is 42.7 Å². The monoisotopic (exact) mass is 298 g/mol. The normalized spacial score (nSPS) is 13.2. The van der Waals surface area contributed by atoms with Crippen LogP contribution in [-0.2, 0) is 6.42 Å². The fraction of sp³-hybridized carbons (Fsp3) is 0.538. The van der Waals surface area contributed by atoms with Crippen molar-refractivity contribution in [2.75, 3.05) is 7.05 Å². The summed E-state index contributed by atoms with van der Waals surface area (Å²) in [6.45, 7) is 6.22. The van der Waals surface area contributed by atoms with Gasteiger partial charge in [0.25, 0.3) is 0 Å². The van der Waals surface area contributed by atoms with Crippen molar-refractivity contribution in [1.29, 1.82) is 0 Å². The van der Waals surface area contributed by atoms with E-state index in [-0.39, 0.29) is 12.1 Å². The predicted molar refractivity (Wildman–Crippen MR) is 80.0 cm³/mol. The molecule has 2 heterocycles. The molecule has 1 unspecified atom stereocenters. The average molecular weight is 299 g/mol. The molecule has 2 rings (SSSR count). The summed E-state index contributed by atoms with van der Waals surface area (Å²) in [5.74, 6) is 0. The van der Waals surface area contributed by atoms with Gasteiger partial charge in [0.1, 0.15) is 0 Å².